The molecular weight excluding hydrogens is 448 g/mol. The topological polar surface area (TPSA) is 70.2 Å². The molecule has 1 saturated heterocycles. The van der Waals surface area contributed by atoms with Gasteiger partial charge in [0.05, 0.1) is 11.2 Å². The number of fused-ring (bicyclic) bond motifs is 2. The van der Waals surface area contributed by atoms with Crippen LogP contribution < -0.4 is 10.1 Å². The van der Waals surface area contributed by atoms with E-state index >= 15 is 0 Å². The quantitative estimate of drug-likeness (QED) is 0.336. The van der Waals surface area contributed by atoms with Gasteiger partial charge in [0, 0.05) is 29.1 Å². The third-order valence-corrected chi connectivity index (χ3v) is 7.04. The molecule has 6 heteroatoms. The van der Waals surface area contributed by atoms with Gasteiger partial charge in [-0.1, -0.05) is 45.9 Å². The molecule has 4 aromatic rings. The maximum atomic E-state index is 12.7. The van der Waals surface area contributed by atoms with Crippen molar-refractivity contribution < 1.29 is 9.53 Å². The minimum atomic E-state index is -0.0651. The van der Waals surface area contributed by atoms with Crippen LogP contribution in [-0.2, 0) is 0 Å². The summed E-state index contributed by atoms with van der Waals surface area (Å²) in [7, 11) is 0. The van der Waals surface area contributed by atoms with Gasteiger partial charge in [-0.05, 0) is 78.5 Å². The summed E-state index contributed by atoms with van der Waals surface area (Å²) in [5.74, 6) is 0.846. The van der Waals surface area contributed by atoms with E-state index in [1.807, 2.05) is 18.2 Å². The molecule has 5 rings (SSSR count). The van der Waals surface area contributed by atoms with E-state index < -0.39 is 0 Å². The first-order chi connectivity index (χ1) is 17.3. The predicted octanol–water partition coefficient (Wildman–Crippen LogP) is 6.02. The Labute approximate surface area is 213 Å². The number of ether oxygens (including phenoxy) is 1. The molecule has 0 unspecified atom stereocenters. The van der Waals surface area contributed by atoms with Crippen molar-refractivity contribution in [1.82, 2.24) is 20.4 Å². The van der Waals surface area contributed by atoms with Crippen molar-refractivity contribution in [3.8, 4) is 17.0 Å². The molecule has 0 saturated carbocycles. The van der Waals surface area contributed by atoms with Crippen molar-refractivity contribution in [2.24, 2.45) is 5.41 Å². The summed E-state index contributed by atoms with van der Waals surface area (Å²) in [6, 6.07) is 18.8. The highest BCUT2D eigenvalue weighted by atomic mass is 16.5. The number of benzene rings is 3. The number of aromatic amines is 1. The van der Waals surface area contributed by atoms with E-state index in [-0.39, 0.29) is 11.3 Å². The fourth-order valence-electron chi connectivity index (χ4n) is 4.98. The zero-order valence-corrected chi connectivity index (χ0v) is 21.7. The number of aromatic nitrogens is 2. The average Bonchev–Trinajstić information content (AvgIpc) is 3.51. The van der Waals surface area contributed by atoms with Gasteiger partial charge in [-0.25, -0.2) is 0 Å². The number of H-pyrrole nitrogens is 1. The molecule has 0 bridgehead atoms. The van der Waals surface area contributed by atoms with Crippen molar-refractivity contribution in [2.75, 3.05) is 26.2 Å². The number of likely N-dealkylation sites (tertiary alicyclic amines) is 1. The Bertz CT molecular complexity index is 1380. The minimum Gasteiger partial charge on any atom is -0.492 e. The summed E-state index contributed by atoms with van der Waals surface area (Å²) >= 11 is 0. The summed E-state index contributed by atoms with van der Waals surface area (Å²) in [6.45, 7) is 12.2. The number of rotatable bonds is 7. The summed E-state index contributed by atoms with van der Waals surface area (Å²) in [5, 5.41) is 13.9. The maximum absolute atomic E-state index is 12.7. The number of carbonyl (C=O) groups excluding carboxylic acids is 1. The first-order valence-corrected chi connectivity index (χ1v) is 13.0. The molecule has 1 aliphatic heterocycles. The van der Waals surface area contributed by atoms with Gasteiger partial charge in [0.2, 0.25) is 0 Å². The Morgan fingerprint density at radius 2 is 1.92 bits per heavy atom. The van der Waals surface area contributed by atoms with E-state index in [1.54, 1.807) is 0 Å². The van der Waals surface area contributed by atoms with E-state index in [9.17, 15) is 4.79 Å². The molecule has 1 aliphatic rings. The molecule has 0 spiro atoms. The van der Waals surface area contributed by atoms with E-state index in [0.717, 1.165) is 51.8 Å². The van der Waals surface area contributed by atoms with Gasteiger partial charge in [-0.2, -0.15) is 5.10 Å². The highest BCUT2D eigenvalue weighted by Gasteiger charge is 2.23. The molecule has 2 N–H and O–H groups in total. The normalized spacial score (nSPS) is 16.6. The molecule has 6 nitrogen and oxygen atoms in total. The lowest BCUT2D eigenvalue weighted by Crippen LogP contribution is -2.33. The van der Waals surface area contributed by atoms with Gasteiger partial charge in [-0.15, -0.1) is 0 Å². The van der Waals surface area contributed by atoms with Gasteiger partial charge in [0.25, 0.3) is 5.91 Å². The molecule has 1 atom stereocenters. The van der Waals surface area contributed by atoms with Crippen molar-refractivity contribution >= 4 is 27.6 Å². The second-order valence-corrected chi connectivity index (χ2v) is 11.0. The second-order valence-electron chi connectivity index (χ2n) is 11.0. The molecular formula is C30H36N4O2. The predicted molar refractivity (Wildman–Crippen MR) is 147 cm³/mol. The molecule has 2 heterocycles. The molecule has 1 aromatic heterocycles. The van der Waals surface area contributed by atoms with Crippen molar-refractivity contribution in [3.63, 3.8) is 0 Å². The average molecular weight is 485 g/mol. The van der Waals surface area contributed by atoms with Gasteiger partial charge >= 0.3 is 0 Å². The van der Waals surface area contributed by atoms with Gasteiger partial charge in [0.1, 0.15) is 12.4 Å². The van der Waals surface area contributed by atoms with Gasteiger partial charge in [-0.3, -0.25) is 14.8 Å². The van der Waals surface area contributed by atoms with Gasteiger partial charge < -0.3 is 10.1 Å². The third-order valence-electron chi connectivity index (χ3n) is 7.04. The first-order valence-electron chi connectivity index (χ1n) is 13.0. The SMILES string of the molecule is CCN1CCC[C@H]1COc1ccc2cc(-c3n[nH]c4ccc(C(=O)NCC(C)(C)C)cc34)ccc2c1. The summed E-state index contributed by atoms with van der Waals surface area (Å²) in [5.41, 5.74) is 3.44. The van der Waals surface area contributed by atoms with Gasteiger partial charge in [0.15, 0.2) is 0 Å². The lowest BCUT2D eigenvalue weighted by Gasteiger charge is -2.22. The highest BCUT2D eigenvalue weighted by molar-refractivity contribution is 6.02. The van der Waals surface area contributed by atoms with Crippen molar-refractivity contribution in [2.45, 2.75) is 46.6 Å². The monoisotopic (exact) mass is 484 g/mol. The minimum absolute atomic E-state index is 0.0307. The maximum Gasteiger partial charge on any atom is 0.251 e. The Kier molecular flexibility index (Phi) is 6.71. The number of amides is 1. The van der Waals surface area contributed by atoms with E-state index in [2.05, 4.69) is 84.5 Å². The van der Waals surface area contributed by atoms with Crippen molar-refractivity contribution in [1.29, 1.82) is 0 Å². The number of nitrogens with one attached hydrogen (secondary N) is 2. The van der Waals surface area contributed by atoms with Crippen molar-refractivity contribution in [3.05, 3.63) is 60.2 Å². The molecule has 0 aliphatic carbocycles. The summed E-state index contributed by atoms with van der Waals surface area (Å²) < 4.78 is 6.17. The van der Waals surface area contributed by atoms with Crippen LogP contribution in [0.3, 0.4) is 0 Å². The van der Waals surface area contributed by atoms with Crippen LogP contribution in [0.1, 0.15) is 50.9 Å². The van der Waals surface area contributed by atoms with Crippen LogP contribution in [0.2, 0.25) is 0 Å². The Morgan fingerprint density at radius 1 is 1.11 bits per heavy atom. The molecule has 0 radical (unpaired) electrons. The summed E-state index contributed by atoms with van der Waals surface area (Å²) in [6.07, 6.45) is 2.47. The van der Waals surface area contributed by atoms with E-state index in [0.29, 0.717) is 18.2 Å². The third kappa shape index (κ3) is 5.24. The smallest absolute Gasteiger partial charge is 0.251 e. The number of nitrogens with zero attached hydrogens (tertiary/aromatic N) is 2. The molecule has 36 heavy (non-hydrogen) atoms. The zero-order valence-electron chi connectivity index (χ0n) is 21.7. The number of carbonyl (C=O) groups is 1. The van der Waals surface area contributed by atoms with E-state index in [4.69, 9.17) is 4.74 Å². The van der Waals surface area contributed by atoms with Crippen LogP contribution in [0.15, 0.2) is 54.6 Å². The number of likely N-dealkylation sites (N-methyl/N-ethyl adjacent to an activating group) is 1. The van der Waals surface area contributed by atoms with Crippen LogP contribution in [0, 0.1) is 5.41 Å². The largest absolute Gasteiger partial charge is 0.492 e. The number of hydrogen-bond donors (Lipinski definition) is 2. The van der Waals surface area contributed by atoms with E-state index in [1.165, 1.54) is 19.4 Å². The first kappa shape index (κ1) is 24.3. The Morgan fingerprint density at radius 3 is 2.72 bits per heavy atom. The fourth-order valence-corrected chi connectivity index (χ4v) is 4.98. The molecule has 1 amide bonds. The Balaban J connectivity index is 1.36. The number of hydrogen-bond acceptors (Lipinski definition) is 4. The van der Waals surface area contributed by atoms with Crippen LogP contribution in [0.5, 0.6) is 5.75 Å². The lowest BCUT2D eigenvalue weighted by atomic mass is 9.97. The molecule has 1 fully saturated rings. The zero-order chi connectivity index (χ0) is 25.3. The second kappa shape index (κ2) is 9.94. The molecule has 3 aromatic carbocycles. The lowest BCUT2D eigenvalue weighted by molar-refractivity contribution is 0.0939. The standard InChI is InChI=1S/C30H36N4O2/c1-5-34-14-6-7-24(34)18-36-25-12-10-20-15-22(9-8-21(20)16-25)28-26-17-23(11-13-27(26)32-33-28)29(35)31-19-30(2,3)4/h8-13,15-17,24H,5-7,14,18-19H2,1-4H3,(H,31,35)(H,32,33)/t24-/m0/s1. The summed E-state index contributed by atoms with van der Waals surface area (Å²) in [4.78, 5) is 15.2. The van der Waals surface area contributed by atoms with Crippen LogP contribution in [-0.4, -0.2) is 53.3 Å². The van der Waals surface area contributed by atoms with Crippen LogP contribution in [0.4, 0.5) is 0 Å². The van der Waals surface area contributed by atoms with Crippen LogP contribution in [0.25, 0.3) is 32.9 Å². The van der Waals surface area contributed by atoms with Crippen LogP contribution >= 0.6 is 0 Å². The Hall–Kier alpha value is -3.38. The fraction of sp³-hybridized carbons (Fsp3) is 0.400. The highest BCUT2D eigenvalue weighted by Crippen LogP contribution is 2.31. The molecule has 188 valence electrons.